The first-order valence-electron chi connectivity index (χ1n) is 7.62. The Kier molecular flexibility index (Phi) is 5.51. The average Bonchev–Trinajstić information content (AvgIpc) is 3.31. The van der Waals surface area contributed by atoms with E-state index < -0.39 is 0 Å². The van der Waals surface area contributed by atoms with Gasteiger partial charge in [-0.05, 0) is 36.3 Å². The standard InChI is InChI=1S/C18H14N6.Pt/c1-3-17(13-19-9-1)23-11-7-15(21-23)5-6-16-8-12-24(22-16)18-4-2-10-20-14-18;/h1-2,7-14H,5-6H2;/q-2;+2. The number of hydrogen-bond acceptors (Lipinski definition) is 4. The van der Waals surface area contributed by atoms with Crippen LogP contribution in [-0.4, -0.2) is 29.5 Å². The quantitative estimate of drug-likeness (QED) is 0.388. The summed E-state index contributed by atoms with van der Waals surface area (Å²) in [5, 5.41) is 9.11. The van der Waals surface area contributed by atoms with E-state index in [0.717, 1.165) is 35.6 Å². The number of nitrogens with zero attached hydrogens (tertiary/aromatic N) is 6. The van der Waals surface area contributed by atoms with Gasteiger partial charge in [0, 0.05) is 12.4 Å². The topological polar surface area (TPSA) is 61.4 Å². The first kappa shape index (κ1) is 17.2. The predicted octanol–water partition coefficient (Wildman–Crippen LogP) is 2.23. The van der Waals surface area contributed by atoms with E-state index >= 15 is 0 Å². The molecule has 0 saturated heterocycles. The van der Waals surface area contributed by atoms with Gasteiger partial charge < -0.3 is 9.97 Å². The fraction of sp³-hybridized carbons (Fsp3) is 0.111. The number of aryl methyl sites for hydroxylation is 2. The molecule has 0 aliphatic carbocycles. The van der Waals surface area contributed by atoms with Crippen LogP contribution in [0.5, 0.6) is 0 Å². The zero-order valence-corrected chi connectivity index (χ0v) is 15.5. The summed E-state index contributed by atoms with van der Waals surface area (Å²) in [6.45, 7) is 0. The predicted molar refractivity (Wildman–Crippen MR) is 87.8 cm³/mol. The van der Waals surface area contributed by atoms with Crippen molar-refractivity contribution in [1.82, 2.24) is 29.5 Å². The van der Waals surface area contributed by atoms with E-state index in [0.29, 0.717) is 0 Å². The molecule has 6 nitrogen and oxygen atoms in total. The van der Waals surface area contributed by atoms with Crippen LogP contribution in [-0.2, 0) is 33.9 Å². The minimum absolute atomic E-state index is 0. The zero-order chi connectivity index (χ0) is 16.2. The molecule has 0 atom stereocenters. The SMILES string of the molecule is [Pt+2].[c-]1ccncc1-n1ccc(CCc2ccn(-c3[c-]ccnc3)n2)n1. The molecule has 0 unspecified atom stereocenters. The normalized spacial score (nSPS) is 10.4. The van der Waals surface area contributed by atoms with Gasteiger partial charge in [-0.2, -0.15) is 34.5 Å². The number of hydrogen-bond donors (Lipinski definition) is 0. The van der Waals surface area contributed by atoms with Gasteiger partial charge in [0.15, 0.2) is 0 Å². The second-order valence-corrected chi connectivity index (χ2v) is 5.25. The van der Waals surface area contributed by atoms with Crippen molar-refractivity contribution in [2.24, 2.45) is 0 Å². The minimum Gasteiger partial charge on any atom is -0.389 e. The van der Waals surface area contributed by atoms with Crippen LogP contribution in [0, 0.1) is 12.1 Å². The van der Waals surface area contributed by atoms with Gasteiger partial charge in [0.1, 0.15) is 0 Å². The molecule has 4 aromatic heterocycles. The molecule has 7 heteroatoms. The van der Waals surface area contributed by atoms with Crippen LogP contribution in [0.4, 0.5) is 0 Å². The Morgan fingerprint density at radius 1 is 0.760 bits per heavy atom. The van der Waals surface area contributed by atoms with E-state index in [9.17, 15) is 0 Å². The number of pyridine rings is 2. The minimum atomic E-state index is 0. The number of aromatic nitrogens is 6. The van der Waals surface area contributed by atoms with Crippen LogP contribution in [0.1, 0.15) is 11.4 Å². The maximum Gasteiger partial charge on any atom is 2.00 e. The monoisotopic (exact) mass is 509 g/mol. The van der Waals surface area contributed by atoms with Gasteiger partial charge in [-0.1, -0.05) is 24.8 Å². The van der Waals surface area contributed by atoms with Crippen LogP contribution in [0.3, 0.4) is 0 Å². The molecule has 0 aromatic carbocycles. The smallest absolute Gasteiger partial charge is 0.389 e. The van der Waals surface area contributed by atoms with Crippen molar-refractivity contribution in [3.05, 3.63) is 85.0 Å². The fourth-order valence-corrected chi connectivity index (χ4v) is 2.40. The van der Waals surface area contributed by atoms with Crippen LogP contribution in [0.15, 0.2) is 61.4 Å². The Bertz CT molecular complexity index is 839. The van der Waals surface area contributed by atoms with Crippen LogP contribution < -0.4 is 0 Å². The summed E-state index contributed by atoms with van der Waals surface area (Å²) < 4.78 is 3.57. The summed E-state index contributed by atoms with van der Waals surface area (Å²) in [4.78, 5) is 8.17. The van der Waals surface area contributed by atoms with Gasteiger partial charge >= 0.3 is 21.1 Å². The summed E-state index contributed by atoms with van der Waals surface area (Å²) in [6.07, 6.45) is 12.4. The van der Waals surface area contributed by atoms with Gasteiger partial charge in [0.2, 0.25) is 0 Å². The molecule has 0 saturated carbocycles. The molecule has 0 fully saturated rings. The Balaban J connectivity index is 0.00000182. The first-order valence-corrected chi connectivity index (χ1v) is 7.62. The molecule has 0 spiro atoms. The Labute approximate surface area is 159 Å². The largest absolute Gasteiger partial charge is 2.00 e. The Morgan fingerprint density at radius 2 is 1.24 bits per heavy atom. The molecule has 4 aromatic rings. The van der Waals surface area contributed by atoms with Gasteiger partial charge in [-0.15, -0.1) is 0 Å². The molecular weight excluding hydrogens is 495 g/mol. The van der Waals surface area contributed by atoms with Crippen LogP contribution in [0.2, 0.25) is 0 Å². The fourth-order valence-electron chi connectivity index (χ4n) is 2.40. The second-order valence-electron chi connectivity index (χ2n) is 5.25. The van der Waals surface area contributed by atoms with Crippen molar-refractivity contribution >= 4 is 0 Å². The molecule has 0 N–H and O–H groups in total. The maximum absolute atomic E-state index is 4.56. The molecule has 4 heterocycles. The summed E-state index contributed by atoms with van der Waals surface area (Å²) >= 11 is 0. The van der Waals surface area contributed by atoms with Crippen molar-refractivity contribution in [2.45, 2.75) is 12.8 Å². The van der Waals surface area contributed by atoms with E-state index in [1.807, 2.05) is 24.5 Å². The molecule has 0 aliphatic heterocycles. The van der Waals surface area contributed by atoms with Crippen LogP contribution >= 0.6 is 0 Å². The third-order valence-corrected chi connectivity index (χ3v) is 3.60. The second kappa shape index (κ2) is 7.99. The summed E-state index contributed by atoms with van der Waals surface area (Å²) in [6, 6.07) is 13.8. The van der Waals surface area contributed by atoms with Gasteiger partial charge in [0.25, 0.3) is 0 Å². The van der Waals surface area contributed by atoms with Gasteiger partial charge in [-0.3, -0.25) is 9.36 Å². The van der Waals surface area contributed by atoms with Gasteiger partial charge in [0.05, 0.1) is 11.4 Å². The molecule has 0 amide bonds. The van der Waals surface area contributed by atoms with Crippen molar-refractivity contribution in [3.8, 4) is 11.4 Å². The Morgan fingerprint density at radius 3 is 1.64 bits per heavy atom. The van der Waals surface area contributed by atoms with Crippen molar-refractivity contribution in [3.63, 3.8) is 0 Å². The van der Waals surface area contributed by atoms with E-state index in [1.165, 1.54) is 0 Å². The number of rotatable bonds is 5. The summed E-state index contributed by atoms with van der Waals surface area (Å²) in [5.41, 5.74) is 3.68. The third kappa shape index (κ3) is 4.09. The molecule has 25 heavy (non-hydrogen) atoms. The average molecular weight is 509 g/mol. The van der Waals surface area contributed by atoms with E-state index in [4.69, 9.17) is 0 Å². The zero-order valence-electron chi connectivity index (χ0n) is 13.2. The molecule has 0 aliphatic rings. The van der Waals surface area contributed by atoms with E-state index in [2.05, 4.69) is 32.3 Å². The van der Waals surface area contributed by atoms with E-state index in [-0.39, 0.29) is 21.1 Å². The Hall–Kier alpha value is -2.59. The van der Waals surface area contributed by atoms with E-state index in [1.54, 1.807) is 46.3 Å². The van der Waals surface area contributed by atoms with Crippen molar-refractivity contribution in [1.29, 1.82) is 0 Å². The maximum atomic E-state index is 4.56. The molecule has 0 bridgehead atoms. The molecule has 0 radical (unpaired) electrons. The first-order chi connectivity index (χ1) is 11.9. The third-order valence-electron chi connectivity index (χ3n) is 3.60. The summed E-state index contributed by atoms with van der Waals surface area (Å²) in [7, 11) is 0. The van der Waals surface area contributed by atoms with Gasteiger partial charge in [-0.25, -0.2) is 0 Å². The summed E-state index contributed by atoms with van der Waals surface area (Å²) in [5.74, 6) is 0. The molecule has 4 rings (SSSR count). The molecule has 126 valence electrons. The van der Waals surface area contributed by atoms with Crippen molar-refractivity contribution < 1.29 is 21.1 Å². The van der Waals surface area contributed by atoms with Crippen molar-refractivity contribution in [2.75, 3.05) is 0 Å². The molecular formula is C18H14N6Pt. The van der Waals surface area contributed by atoms with Crippen LogP contribution in [0.25, 0.3) is 11.4 Å².